The molecule has 0 aromatic rings. The van der Waals surface area contributed by atoms with Gasteiger partial charge in [0.1, 0.15) is 0 Å². The number of rotatable bonds is 3. The van der Waals surface area contributed by atoms with Crippen LogP contribution in [0.1, 0.15) is 39.5 Å². The Morgan fingerprint density at radius 1 is 1.31 bits per heavy atom. The predicted octanol–water partition coefficient (Wildman–Crippen LogP) is 1.54. The Morgan fingerprint density at radius 3 is 2.56 bits per heavy atom. The molecular formula is C13H24N2O. The van der Waals surface area contributed by atoms with Crippen molar-refractivity contribution in [2.24, 2.45) is 17.8 Å². The van der Waals surface area contributed by atoms with Gasteiger partial charge in [-0.1, -0.05) is 19.8 Å². The number of amides is 1. The number of carbonyl (C=O) groups excluding carboxylic acids is 1. The average Bonchev–Trinajstić information content (AvgIpc) is 2.86. The molecule has 1 amide bonds. The zero-order valence-electron chi connectivity index (χ0n) is 10.5. The van der Waals surface area contributed by atoms with Crippen LogP contribution in [0.4, 0.5) is 0 Å². The number of nitrogens with one attached hydrogen (secondary N) is 2. The molecule has 0 bridgehead atoms. The summed E-state index contributed by atoms with van der Waals surface area (Å²) in [6, 6.07) is 0.364. The van der Waals surface area contributed by atoms with Gasteiger partial charge < -0.3 is 10.6 Å². The van der Waals surface area contributed by atoms with Crippen LogP contribution >= 0.6 is 0 Å². The molecule has 2 fully saturated rings. The molecule has 92 valence electrons. The lowest BCUT2D eigenvalue weighted by Gasteiger charge is -2.23. The van der Waals surface area contributed by atoms with Crippen LogP contribution in [0.2, 0.25) is 0 Å². The summed E-state index contributed by atoms with van der Waals surface area (Å²) in [5.74, 6) is 1.64. The molecule has 1 saturated carbocycles. The quantitative estimate of drug-likeness (QED) is 0.763. The van der Waals surface area contributed by atoms with Crippen molar-refractivity contribution in [2.45, 2.75) is 45.6 Å². The summed E-state index contributed by atoms with van der Waals surface area (Å²) in [7, 11) is 0. The lowest BCUT2D eigenvalue weighted by molar-refractivity contribution is -0.126. The minimum Gasteiger partial charge on any atom is -0.353 e. The molecular weight excluding hydrogens is 200 g/mol. The smallest absolute Gasteiger partial charge is 0.224 e. The van der Waals surface area contributed by atoms with Crippen molar-refractivity contribution < 1.29 is 4.79 Å². The van der Waals surface area contributed by atoms with E-state index < -0.39 is 0 Å². The largest absolute Gasteiger partial charge is 0.353 e. The third-order valence-electron chi connectivity index (χ3n) is 4.33. The van der Waals surface area contributed by atoms with Crippen molar-refractivity contribution in [3.63, 3.8) is 0 Å². The van der Waals surface area contributed by atoms with Crippen LogP contribution in [0, 0.1) is 17.8 Å². The van der Waals surface area contributed by atoms with Gasteiger partial charge in [-0.25, -0.2) is 0 Å². The Labute approximate surface area is 98.4 Å². The predicted molar refractivity (Wildman–Crippen MR) is 65.1 cm³/mol. The second kappa shape index (κ2) is 5.17. The van der Waals surface area contributed by atoms with Crippen molar-refractivity contribution in [1.29, 1.82) is 0 Å². The Balaban J connectivity index is 1.81. The highest BCUT2D eigenvalue weighted by molar-refractivity contribution is 5.79. The van der Waals surface area contributed by atoms with Gasteiger partial charge in [0.25, 0.3) is 0 Å². The van der Waals surface area contributed by atoms with Crippen molar-refractivity contribution in [1.82, 2.24) is 10.6 Å². The summed E-state index contributed by atoms with van der Waals surface area (Å²) in [5.41, 5.74) is 0. The summed E-state index contributed by atoms with van der Waals surface area (Å²) in [4.78, 5) is 12.1. The maximum Gasteiger partial charge on any atom is 0.224 e. The summed E-state index contributed by atoms with van der Waals surface area (Å²) in [6.45, 7) is 6.16. The zero-order chi connectivity index (χ0) is 11.5. The fraction of sp³-hybridized carbons (Fsp3) is 0.923. The molecule has 0 radical (unpaired) electrons. The van der Waals surface area contributed by atoms with E-state index in [2.05, 4.69) is 24.5 Å². The Kier molecular flexibility index (Phi) is 3.85. The molecule has 2 N–H and O–H groups in total. The van der Waals surface area contributed by atoms with Crippen LogP contribution in [-0.4, -0.2) is 25.0 Å². The van der Waals surface area contributed by atoms with Crippen molar-refractivity contribution in [2.75, 3.05) is 13.1 Å². The van der Waals surface area contributed by atoms with Crippen molar-refractivity contribution in [3.8, 4) is 0 Å². The molecule has 0 aromatic heterocycles. The molecule has 0 spiro atoms. The maximum absolute atomic E-state index is 12.1. The van der Waals surface area contributed by atoms with Crippen LogP contribution < -0.4 is 10.6 Å². The third-order valence-corrected chi connectivity index (χ3v) is 4.33. The van der Waals surface area contributed by atoms with E-state index in [0.29, 0.717) is 17.9 Å². The minimum absolute atomic E-state index is 0.184. The Hall–Kier alpha value is -0.570. The molecule has 2 aliphatic rings. The van der Waals surface area contributed by atoms with E-state index in [1.54, 1.807) is 0 Å². The van der Waals surface area contributed by atoms with Crippen molar-refractivity contribution >= 4 is 5.91 Å². The summed E-state index contributed by atoms with van der Waals surface area (Å²) in [6.07, 6.45) is 5.26. The molecule has 1 saturated heterocycles. The lowest BCUT2D eigenvalue weighted by atomic mass is 9.95. The second-order valence-electron chi connectivity index (χ2n) is 5.58. The van der Waals surface area contributed by atoms with Gasteiger partial charge in [-0.05, 0) is 38.1 Å². The van der Waals surface area contributed by atoms with Gasteiger partial charge in [0.05, 0.1) is 5.92 Å². The highest BCUT2D eigenvalue weighted by Gasteiger charge is 2.31. The monoisotopic (exact) mass is 224 g/mol. The maximum atomic E-state index is 12.1. The molecule has 0 aromatic carbocycles. The van der Waals surface area contributed by atoms with E-state index in [-0.39, 0.29) is 11.8 Å². The van der Waals surface area contributed by atoms with Crippen LogP contribution in [0.25, 0.3) is 0 Å². The Morgan fingerprint density at radius 2 is 2.00 bits per heavy atom. The average molecular weight is 224 g/mol. The lowest BCUT2D eigenvalue weighted by Crippen LogP contribution is -2.42. The first kappa shape index (κ1) is 11.9. The number of hydrogen-bond acceptors (Lipinski definition) is 2. The fourth-order valence-corrected chi connectivity index (χ4v) is 3.07. The Bertz CT molecular complexity index is 248. The summed E-state index contributed by atoms with van der Waals surface area (Å²) in [5, 5.41) is 6.50. The second-order valence-corrected chi connectivity index (χ2v) is 5.58. The van der Waals surface area contributed by atoms with Crippen LogP contribution in [0.5, 0.6) is 0 Å². The van der Waals surface area contributed by atoms with Gasteiger partial charge in [-0.15, -0.1) is 0 Å². The highest BCUT2D eigenvalue weighted by atomic mass is 16.2. The molecule has 0 unspecified atom stereocenters. The summed E-state index contributed by atoms with van der Waals surface area (Å²) < 4.78 is 0. The first-order valence-electron chi connectivity index (χ1n) is 6.69. The molecule has 16 heavy (non-hydrogen) atoms. The molecule has 3 nitrogen and oxygen atoms in total. The molecule has 2 rings (SSSR count). The zero-order valence-corrected chi connectivity index (χ0v) is 10.5. The van der Waals surface area contributed by atoms with Crippen molar-refractivity contribution in [3.05, 3.63) is 0 Å². The normalized spacial score (nSPS) is 32.9. The molecule has 3 atom stereocenters. The van der Waals surface area contributed by atoms with E-state index in [1.165, 1.54) is 25.7 Å². The van der Waals surface area contributed by atoms with E-state index >= 15 is 0 Å². The topological polar surface area (TPSA) is 41.1 Å². The van der Waals surface area contributed by atoms with Crippen LogP contribution in [0.3, 0.4) is 0 Å². The fourth-order valence-electron chi connectivity index (χ4n) is 3.07. The minimum atomic E-state index is 0.184. The first-order valence-corrected chi connectivity index (χ1v) is 6.69. The van der Waals surface area contributed by atoms with E-state index in [9.17, 15) is 4.79 Å². The van der Waals surface area contributed by atoms with E-state index in [0.717, 1.165) is 13.1 Å². The molecule has 3 heteroatoms. The van der Waals surface area contributed by atoms with Gasteiger partial charge in [0.15, 0.2) is 0 Å². The van der Waals surface area contributed by atoms with Crippen LogP contribution in [0.15, 0.2) is 0 Å². The van der Waals surface area contributed by atoms with Crippen LogP contribution in [-0.2, 0) is 4.79 Å². The molecule has 1 aliphatic heterocycles. The SMILES string of the molecule is C[C@H](NC(=O)[C@@H]1CNC[C@H]1C)C1CCCC1. The van der Waals surface area contributed by atoms with E-state index in [4.69, 9.17) is 0 Å². The number of hydrogen-bond donors (Lipinski definition) is 2. The van der Waals surface area contributed by atoms with Gasteiger partial charge in [0, 0.05) is 12.6 Å². The van der Waals surface area contributed by atoms with Gasteiger partial charge in [0.2, 0.25) is 5.91 Å². The van der Waals surface area contributed by atoms with Gasteiger partial charge in [-0.3, -0.25) is 4.79 Å². The number of carbonyl (C=O) groups is 1. The standard InChI is InChI=1S/C13H24N2O/c1-9-7-14-8-12(9)13(16)15-10(2)11-5-3-4-6-11/h9-12,14H,3-8H2,1-2H3,(H,15,16)/t9-,10+,12-/m1/s1. The summed E-state index contributed by atoms with van der Waals surface area (Å²) >= 11 is 0. The highest BCUT2D eigenvalue weighted by Crippen LogP contribution is 2.28. The van der Waals surface area contributed by atoms with E-state index in [1.807, 2.05) is 0 Å². The molecule has 1 heterocycles. The van der Waals surface area contributed by atoms with Gasteiger partial charge in [-0.2, -0.15) is 0 Å². The third kappa shape index (κ3) is 2.57. The van der Waals surface area contributed by atoms with Gasteiger partial charge >= 0.3 is 0 Å². The molecule has 1 aliphatic carbocycles. The first-order chi connectivity index (χ1) is 7.68.